The summed E-state index contributed by atoms with van der Waals surface area (Å²) in [6, 6.07) is 52.7. The highest BCUT2D eigenvalue weighted by Gasteiger charge is 2.20. The van der Waals surface area contributed by atoms with Crippen LogP contribution in [-0.2, 0) is 0 Å². The molecule has 8 aromatic carbocycles. The lowest BCUT2D eigenvalue weighted by atomic mass is 9.84. The monoisotopic (exact) mass is 614 g/mol. The summed E-state index contributed by atoms with van der Waals surface area (Å²) < 4.78 is 12.4. The van der Waals surface area contributed by atoms with Gasteiger partial charge < -0.3 is 8.83 Å². The van der Waals surface area contributed by atoms with E-state index in [1.165, 1.54) is 71.1 Å². The standard InChI is InChI=1S/C46H30O2/c1-27-28(2)47-43-26-31(22-23-34(27)43)30-20-18-29-19-21-32(25-33(29)24-30)44-35-10-3-5-12-37(35)45(38-13-6-4-11-36(38)44)40-15-9-17-42-46(40)39-14-7-8-16-41(39)48-42/h3-26H,1-2H3. The number of fused-ring (bicyclic) bond motifs is 7. The second-order valence-corrected chi connectivity index (χ2v) is 12.9. The molecule has 0 unspecified atom stereocenters. The summed E-state index contributed by atoms with van der Waals surface area (Å²) in [6.45, 7) is 4.16. The summed E-state index contributed by atoms with van der Waals surface area (Å²) in [5, 5.41) is 10.8. The van der Waals surface area contributed by atoms with Crippen molar-refractivity contribution in [1.82, 2.24) is 0 Å². The van der Waals surface area contributed by atoms with Crippen molar-refractivity contribution >= 4 is 65.2 Å². The Hall–Kier alpha value is -6.12. The fourth-order valence-electron chi connectivity index (χ4n) is 7.82. The highest BCUT2D eigenvalue weighted by atomic mass is 16.3. The first-order valence-corrected chi connectivity index (χ1v) is 16.5. The van der Waals surface area contributed by atoms with Gasteiger partial charge in [0.2, 0.25) is 0 Å². The Morgan fingerprint density at radius 1 is 0.375 bits per heavy atom. The molecule has 2 heteroatoms. The smallest absolute Gasteiger partial charge is 0.136 e. The van der Waals surface area contributed by atoms with Crippen molar-refractivity contribution in [2.24, 2.45) is 0 Å². The third kappa shape index (κ3) is 3.93. The molecular weight excluding hydrogens is 585 g/mol. The molecule has 48 heavy (non-hydrogen) atoms. The normalized spacial score (nSPS) is 12.0. The summed E-state index contributed by atoms with van der Waals surface area (Å²) in [4.78, 5) is 0. The van der Waals surface area contributed by atoms with Gasteiger partial charge in [0.25, 0.3) is 0 Å². The third-order valence-corrected chi connectivity index (χ3v) is 10.2. The molecule has 2 nitrogen and oxygen atoms in total. The number of benzene rings is 8. The van der Waals surface area contributed by atoms with Gasteiger partial charge in [0.15, 0.2) is 0 Å². The summed E-state index contributed by atoms with van der Waals surface area (Å²) >= 11 is 0. The Morgan fingerprint density at radius 2 is 0.958 bits per heavy atom. The van der Waals surface area contributed by atoms with Crippen LogP contribution in [-0.4, -0.2) is 0 Å². The molecule has 0 aliphatic rings. The molecule has 2 heterocycles. The van der Waals surface area contributed by atoms with Gasteiger partial charge in [-0.15, -0.1) is 0 Å². The van der Waals surface area contributed by atoms with Crippen LogP contribution in [0.15, 0.2) is 154 Å². The lowest BCUT2D eigenvalue weighted by molar-refractivity contribution is 0.575. The Morgan fingerprint density at radius 3 is 1.71 bits per heavy atom. The van der Waals surface area contributed by atoms with Crippen LogP contribution in [0.5, 0.6) is 0 Å². The topological polar surface area (TPSA) is 26.3 Å². The molecule has 0 N–H and O–H groups in total. The number of aryl methyl sites for hydroxylation is 2. The molecular formula is C46H30O2. The first kappa shape index (κ1) is 27.0. The summed E-state index contributed by atoms with van der Waals surface area (Å²) in [5.74, 6) is 0.977. The van der Waals surface area contributed by atoms with E-state index in [9.17, 15) is 0 Å². The van der Waals surface area contributed by atoms with E-state index in [-0.39, 0.29) is 0 Å². The predicted molar refractivity (Wildman–Crippen MR) is 202 cm³/mol. The Balaban J connectivity index is 1.22. The number of furan rings is 2. The third-order valence-electron chi connectivity index (χ3n) is 10.2. The van der Waals surface area contributed by atoms with Gasteiger partial charge >= 0.3 is 0 Å². The molecule has 0 spiro atoms. The summed E-state index contributed by atoms with van der Waals surface area (Å²) in [5.41, 5.74) is 11.2. The fraction of sp³-hybridized carbons (Fsp3) is 0.0435. The van der Waals surface area contributed by atoms with Crippen molar-refractivity contribution in [3.63, 3.8) is 0 Å². The predicted octanol–water partition coefficient (Wildman–Crippen LogP) is 13.4. The molecule has 10 rings (SSSR count). The number of para-hydroxylation sites is 1. The van der Waals surface area contributed by atoms with Crippen molar-refractivity contribution in [1.29, 1.82) is 0 Å². The molecule has 0 fully saturated rings. The molecule has 10 aromatic rings. The molecule has 2 aromatic heterocycles. The summed E-state index contributed by atoms with van der Waals surface area (Å²) in [7, 11) is 0. The van der Waals surface area contributed by atoms with Crippen LogP contribution in [0.3, 0.4) is 0 Å². The maximum absolute atomic E-state index is 6.34. The van der Waals surface area contributed by atoms with Crippen LogP contribution in [0.25, 0.3) is 98.6 Å². The molecule has 0 bridgehead atoms. The SMILES string of the molecule is Cc1oc2cc(-c3ccc4ccc(-c5c6ccccc6c(-c6cccc7oc8ccccc8c67)c6ccccc56)cc4c3)ccc2c1C. The minimum atomic E-state index is 0.910. The van der Waals surface area contributed by atoms with Gasteiger partial charge in [-0.25, -0.2) is 0 Å². The minimum absolute atomic E-state index is 0.910. The number of hydrogen-bond donors (Lipinski definition) is 0. The Kier molecular flexibility index (Phi) is 5.74. The zero-order valence-electron chi connectivity index (χ0n) is 26.7. The van der Waals surface area contributed by atoms with Crippen molar-refractivity contribution < 1.29 is 8.83 Å². The molecule has 0 aliphatic carbocycles. The maximum atomic E-state index is 6.34. The van der Waals surface area contributed by atoms with Crippen LogP contribution in [0.4, 0.5) is 0 Å². The highest BCUT2D eigenvalue weighted by molar-refractivity contribution is 6.25. The zero-order chi connectivity index (χ0) is 31.9. The van der Waals surface area contributed by atoms with E-state index in [2.05, 4.69) is 146 Å². The molecule has 226 valence electrons. The van der Waals surface area contributed by atoms with Gasteiger partial charge in [-0.05, 0) is 115 Å². The van der Waals surface area contributed by atoms with Crippen LogP contribution < -0.4 is 0 Å². The van der Waals surface area contributed by atoms with Crippen molar-refractivity contribution in [3.8, 4) is 33.4 Å². The second-order valence-electron chi connectivity index (χ2n) is 12.9. The lowest BCUT2D eigenvalue weighted by Gasteiger charge is -2.18. The van der Waals surface area contributed by atoms with Crippen molar-refractivity contribution in [2.75, 3.05) is 0 Å². The van der Waals surface area contributed by atoms with E-state index in [1.807, 2.05) is 13.0 Å². The van der Waals surface area contributed by atoms with Crippen molar-refractivity contribution in [2.45, 2.75) is 13.8 Å². The fourth-order valence-corrected chi connectivity index (χ4v) is 7.82. The van der Waals surface area contributed by atoms with Gasteiger partial charge in [-0.2, -0.15) is 0 Å². The van der Waals surface area contributed by atoms with Gasteiger partial charge in [-0.1, -0.05) is 115 Å². The number of rotatable bonds is 3. The molecule has 0 atom stereocenters. The average molecular weight is 615 g/mol. The lowest BCUT2D eigenvalue weighted by Crippen LogP contribution is -1.91. The van der Waals surface area contributed by atoms with Crippen LogP contribution >= 0.6 is 0 Å². The Labute approximate surface area is 277 Å². The van der Waals surface area contributed by atoms with E-state index < -0.39 is 0 Å². The maximum Gasteiger partial charge on any atom is 0.136 e. The Bertz CT molecular complexity index is 2860. The molecule has 0 radical (unpaired) electrons. The molecule has 0 saturated carbocycles. The van der Waals surface area contributed by atoms with Gasteiger partial charge in [0.05, 0.1) is 0 Å². The second kappa shape index (κ2) is 10.2. The van der Waals surface area contributed by atoms with Crippen LogP contribution in [0.2, 0.25) is 0 Å². The molecule has 0 aliphatic heterocycles. The molecule has 0 amide bonds. The van der Waals surface area contributed by atoms with Crippen LogP contribution in [0.1, 0.15) is 11.3 Å². The van der Waals surface area contributed by atoms with E-state index in [4.69, 9.17) is 8.83 Å². The summed E-state index contributed by atoms with van der Waals surface area (Å²) in [6.07, 6.45) is 0. The minimum Gasteiger partial charge on any atom is -0.461 e. The average Bonchev–Trinajstić information content (AvgIpc) is 3.65. The van der Waals surface area contributed by atoms with E-state index >= 15 is 0 Å². The largest absolute Gasteiger partial charge is 0.461 e. The molecule has 0 saturated heterocycles. The first-order valence-electron chi connectivity index (χ1n) is 16.5. The first-order chi connectivity index (χ1) is 23.6. The van der Waals surface area contributed by atoms with Gasteiger partial charge in [0, 0.05) is 16.2 Å². The van der Waals surface area contributed by atoms with Crippen molar-refractivity contribution in [3.05, 3.63) is 157 Å². The van der Waals surface area contributed by atoms with Gasteiger partial charge in [0.1, 0.15) is 22.5 Å². The van der Waals surface area contributed by atoms with Gasteiger partial charge in [-0.3, -0.25) is 0 Å². The highest BCUT2D eigenvalue weighted by Crippen LogP contribution is 2.47. The zero-order valence-corrected chi connectivity index (χ0v) is 26.7. The number of hydrogen-bond acceptors (Lipinski definition) is 2. The van der Waals surface area contributed by atoms with Crippen LogP contribution in [0, 0.1) is 13.8 Å². The van der Waals surface area contributed by atoms with E-state index in [1.54, 1.807) is 0 Å². The quantitative estimate of drug-likeness (QED) is 0.185. The van der Waals surface area contributed by atoms with E-state index in [0.717, 1.165) is 38.8 Å². The van der Waals surface area contributed by atoms with E-state index in [0.29, 0.717) is 0 Å².